The Morgan fingerprint density at radius 2 is 1.30 bits per heavy atom. The molecule has 0 bridgehead atoms. The summed E-state index contributed by atoms with van der Waals surface area (Å²) in [7, 11) is 0. The van der Waals surface area contributed by atoms with Crippen molar-refractivity contribution in [2.75, 3.05) is 4.90 Å². The highest BCUT2D eigenvalue weighted by molar-refractivity contribution is 5.89. The minimum absolute atomic E-state index is 0.0912. The first-order valence-electron chi connectivity index (χ1n) is 25.4. The maximum absolute atomic E-state index is 10.00. The van der Waals surface area contributed by atoms with E-state index in [-0.39, 0.29) is 17.9 Å². The molecule has 0 radical (unpaired) electrons. The van der Waals surface area contributed by atoms with E-state index in [1.165, 1.54) is 89.6 Å². The molecule has 3 unspecified atom stereocenters. The lowest BCUT2D eigenvalue weighted by atomic mass is 9.66. The lowest BCUT2D eigenvalue weighted by Crippen LogP contribution is -2.42. The number of allylic oxidation sites excluding steroid dienone is 17. The molecule has 0 fully saturated rings. The van der Waals surface area contributed by atoms with Crippen molar-refractivity contribution >= 4 is 28.1 Å². The molecule has 5 aromatic carbocycles. The van der Waals surface area contributed by atoms with E-state index in [9.17, 15) is 10.5 Å². The summed E-state index contributed by atoms with van der Waals surface area (Å²) in [5.41, 5.74) is 24.2. The second-order valence-corrected chi connectivity index (χ2v) is 19.8. The Hall–Kier alpha value is -7.92. The predicted octanol–water partition coefficient (Wildman–Crippen LogP) is 16.1. The van der Waals surface area contributed by atoms with Crippen LogP contribution in [-0.2, 0) is 12.8 Å². The molecule has 0 heterocycles. The van der Waals surface area contributed by atoms with Crippen molar-refractivity contribution in [1.82, 2.24) is 4.90 Å². The van der Waals surface area contributed by atoms with E-state index in [4.69, 9.17) is 0 Å². The summed E-state index contributed by atoms with van der Waals surface area (Å²) in [4.78, 5) is 5.24. The van der Waals surface area contributed by atoms with Gasteiger partial charge in [0.05, 0.1) is 18.2 Å². The number of benzene rings is 5. The van der Waals surface area contributed by atoms with E-state index >= 15 is 0 Å². The molecule has 70 heavy (non-hydrogen) atoms. The molecule has 5 aromatic rings. The fourth-order valence-electron chi connectivity index (χ4n) is 12.3. The van der Waals surface area contributed by atoms with Crippen LogP contribution in [0.4, 0.5) is 11.4 Å². The smallest absolute Gasteiger partial charge is 0.0947 e. The highest BCUT2D eigenvalue weighted by atomic mass is 15.2. The molecule has 7 aliphatic carbocycles. The van der Waals surface area contributed by atoms with E-state index < -0.39 is 0 Å². The predicted molar refractivity (Wildman–Crippen MR) is 287 cm³/mol. The summed E-state index contributed by atoms with van der Waals surface area (Å²) >= 11 is 0. The van der Waals surface area contributed by atoms with Crippen molar-refractivity contribution in [1.29, 1.82) is 10.5 Å². The minimum Gasteiger partial charge on any atom is -0.338 e. The molecular formula is C66H56N4. The Balaban J connectivity index is 1.01. The van der Waals surface area contributed by atoms with Crippen LogP contribution >= 0.6 is 0 Å². The minimum atomic E-state index is 0.0912. The fourth-order valence-corrected chi connectivity index (χ4v) is 12.3. The Morgan fingerprint density at radius 3 is 2.00 bits per heavy atom. The van der Waals surface area contributed by atoms with Gasteiger partial charge < -0.3 is 9.80 Å². The third-order valence-electron chi connectivity index (χ3n) is 15.8. The first kappa shape index (κ1) is 43.4. The Morgan fingerprint density at radius 1 is 0.586 bits per heavy atom. The fraction of sp³-hybridized carbons (Fsp3) is 0.212. The highest BCUT2D eigenvalue weighted by Gasteiger charge is 2.42. The molecule has 12 rings (SSSR count). The molecule has 0 amide bonds. The molecule has 0 spiro atoms. The van der Waals surface area contributed by atoms with E-state index in [0.29, 0.717) is 0 Å². The SMILES string of the molecule is N#CC1=CC=C(N(c2cc(C3=CC=CCC3)cc(-c3ccccc3)c2)c2ccc3c4c2CCC2=C4C(CC3)C(N(C3=CC(c4ccccc4)CC(c4ccccc4)=C3)C3=CC=C(C#N)CC3)C=C2)CC1. The maximum atomic E-state index is 10.00. The quantitative estimate of drug-likeness (QED) is 0.140. The van der Waals surface area contributed by atoms with Crippen LogP contribution in [0, 0.1) is 28.6 Å². The van der Waals surface area contributed by atoms with Crippen molar-refractivity contribution in [3.63, 3.8) is 0 Å². The zero-order valence-corrected chi connectivity index (χ0v) is 39.7. The number of rotatable bonds is 10. The number of hydrogen-bond donors (Lipinski definition) is 0. The summed E-state index contributed by atoms with van der Waals surface area (Å²) in [6, 6.07) is 49.8. The maximum Gasteiger partial charge on any atom is 0.0947 e. The second-order valence-electron chi connectivity index (χ2n) is 19.8. The molecule has 4 heteroatoms. The van der Waals surface area contributed by atoms with Gasteiger partial charge in [-0.2, -0.15) is 10.5 Å². The van der Waals surface area contributed by atoms with Gasteiger partial charge in [-0.1, -0.05) is 134 Å². The van der Waals surface area contributed by atoms with Gasteiger partial charge in [-0.25, -0.2) is 0 Å². The Labute approximate surface area is 413 Å². The summed E-state index contributed by atoms with van der Waals surface area (Å²) in [5.74, 6) is 0.496. The lowest BCUT2D eigenvalue weighted by Gasteiger charge is -2.47. The number of anilines is 2. The highest BCUT2D eigenvalue weighted by Crippen LogP contribution is 2.54. The van der Waals surface area contributed by atoms with Crippen LogP contribution < -0.4 is 4.90 Å². The van der Waals surface area contributed by atoms with Gasteiger partial charge in [0, 0.05) is 51.4 Å². The van der Waals surface area contributed by atoms with Crippen LogP contribution in [0.15, 0.2) is 222 Å². The Kier molecular flexibility index (Phi) is 11.7. The third-order valence-corrected chi connectivity index (χ3v) is 15.8. The van der Waals surface area contributed by atoms with Crippen molar-refractivity contribution < 1.29 is 0 Å². The standard InChI is InChI=1S/C66H56N4/c67-43-45-21-29-57(30-22-45)69(59-39-53(47-13-5-1-6-14-47)37-54(40-59)48-15-7-2-8-16-48)63-35-27-51-26-34-62-64(36-28-52-25-33-61(63)65(51)66(52)62)70(58-31-23-46(44-68)24-32-58)60-41-55(49-17-9-3-10-18-49)38-56(42-60)50-19-11-4-12-20-50/h1-11,13-19,21,23,27-29,31,35-36,38-42,53,61,63H,12,20,22,24-26,30,32-34,37H2. The molecule has 0 saturated heterocycles. The first-order valence-corrected chi connectivity index (χ1v) is 25.4. The summed E-state index contributed by atoms with van der Waals surface area (Å²) in [5, 5.41) is 20.0. The average Bonchev–Trinajstić information content (AvgIpc) is 3.44. The van der Waals surface area contributed by atoms with Crippen LogP contribution in [0.5, 0.6) is 0 Å². The van der Waals surface area contributed by atoms with Gasteiger partial charge in [-0.15, -0.1) is 0 Å². The topological polar surface area (TPSA) is 54.1 Å². The normalized spacial score (nSPS) is 21.1. The summed E-state index contributed by atoms with van der Waals surface area (Å²) in [6.45, 7) is 0. The summed E-state index contributed by atoms with van der Waals surface area (Å²) < 4.78 is 0. The molecule has 3 atom stereocenters. The van der Waals surface area contributed by atoms with Crippen molar-refractivity contribution in [2.24, 2.45) is 5.92 Å². The molecule has 0 aromatic heterocycles. The number of hydrogen-bond acceptors (Lipinski definition) is 4. The van der Waals surface area contributed by atoms with Crippen LogP contribution in [0.3, 0.4) is 0 Å². The van der Waals surface area contributed by atoms with Crippen molar-refractivity contribution in [3.05, 3.63) is 255 Å². The van der Waals surface area contributed by atoms with E-state index in [1.807, 2.05) is 6.08 Å². The zero-order valence-electron chi connectivity index (χ0n) is 39.7. The second kappa shape index (κ2) is 18.9. The Bertz CT molecular complexity index is 3310. The first-order chi connectivity index (χ1) is 34.6. The molecular weight excluding hydrogens is 849 g/mol. The molecule has 0 aliphatic heterocycles. The zero-order chi connectivity index (χ0) is 47.0. The molecule has 0 N–H and O–H groups in total. The van der Waals surface area contributed by atoms with Gasteiger partial charge in [0.2, 0.25) is 0 Å². The lowest BCUT2D eigenvalue weighted by molar-refractivity contribution is 0.288. The van der Waals surface area contributed by atoms with Crippen molar-refractivity contribution in [2.45, 2.75) is 82.6 Å². The molecule has 4 nitrogen and oxygen atoms in total. The number of nitrogens with zero attached hydrogens (tertiary/aromatic N) is 4. The van der Waals surface area contributed by atoms with Crippen LogP contribution in [0.1, 0.15) is 97.1 Å². The van der Waals surface area contributed by atoms with Gasteiger partial charge in [-0.05, 0) is 192 Å². The van der Waals surface area contributed by atoms with Crippen LogP contribution in [0.2, 0.25) is 0 Å². The van der Waals surface area contributed by atoms with E-state index in [2.05, 4.69) is 204 Å². The van der Waals surface area contributed by atoms with Gasteiger partial charge in [0.15, 0.2) is 0 Å². The van der Waals surface area contributed by atoms with Gasteiger partial charge >= 0.3 is 0 Å². The molecule has 340 valence electrons. The van der Waals surface area contributed by atoms with Crippen LogP contribution in [-0.4, -0.2) is 10.9 Å². The molecule has 7 aliphatic rings. The number of aryl methyl sites for hydroxylation is 1. The van der Waals surface area contributed by atoms with Crippen molar-refractivity contribution in [3.8, 4) is 23.3 Å². The van der Waals surface area contributed by atoms with E-state index in [0.717, 1.165) is 87.5 Å². The van der Waals surface area contributed by atoms with Crippen LogP contribution in [0.25, 0.3) is 27.8 Å². The van der Waals surface area contributed by atoms with E-state index in [1.54, 1.807) is 0 Å². The van der Waals surface area contributed by atoms with Gasteiger partial charge in [0.25, 0.3) is 0 Å². The molecule has 0 saturated carbocycles. The third kappa shape index (κ3) is 8.18. The van der Waals surface area contributed by atoms with Gasteiger partial charge in [-0.3, -0.25) is 0 Å². The van der Waals surface area contributed by atoms with Gasteiger partial charge in [0.1, 0.15) is 0 Å². The number of nitriles is 2. The summed E-state index contributed by atoms with van der Waals surface area (Å²) in [6.07, 6.45) is 35.4. The largest absolute Gasteiger partial charge is 0.338 e. The monoisotopic (exact) mass is 904 g/mol. The average molecular weight is 905 g/mol.